The number of nitrogens with zero attached hydrogens (tertiary/aromatic N) is 2. The van der Waals surface area contributed by atoms with Crippen LogP contribution < -0.4 is 5.32 Å². The standard InChI is InChI=1S/C12H9Cl2N3O/c1-7-2-8(5-15-4-7)17-12(18)9-3-11(14)16-6-10(9)13/h2-6H,1H3,(H,17,18). The Morgan fingerprint density at radius 3 is 2.72 bits per heavy atom. The van der Waals surface area contributed by atoms with Crippen LogP contribution in [0.5, 0.6) is 0 Å². The zero-order chi connectivity index (χ0) is 13.1. The van der Waals surface area contributed by atoms with Gasteiger partial charge < -0.3 is 5.32 Å². The van der Waals surface area contributed by atoms with E-state index in [0.717, 1.165) is 5.56 Å². The Hall–Kier alpha value is -1.65. The number of amides is 1. The van der Waals surface area contributed by atoms with Gasteiger partial charge in [0.2, 0.25) is 0 Å². The van der Waals surface area contributed by atoms with E-state index in [0.29, 0.717) is 5.69 Å². The third-order valence-corrected chi connectivity index (χ3v) is 2.71. The number of anilines is 1. The molecule has 4 nitrogen and oxygen atoms in total. The van der Waals surface area contributed by atoms with Gasteiger partial charge in [-0.05, 0) is 24.6 Å². The van der Waals surface area contributed by atoms with Crippen LogP contribution in [0.1, 0.15) is 15.9 Å². The topological polar surface area (TPSA) is 54.9 Å². The number of aromatic nitrogens is 2. The highest BCUT2D eigenvalue weighted by Crippen LogP contribution is 2.19. The van der Waals surface area contributed by atoms with Gasteiger partial charge in [-0.25, -0.2) is 4.98 Å². The predicted molar refractivity (Wildman–Crippen MR) is 71.2 cm³/mol. The summed E-state index contributed by atoms with van der Waals surface area (Å²) in [7, 11) is 0. The Labute approximate surface area is 114 Å². The summed E-state index contributed by atoms with van der Waals surface area (Å²) in [4.78, 5) is 19.8. The molecule has 6 heteroatoms. The molecular formula is C12H9Cl2N3O. The van der Waals surface area contributed by atoms with Crippen molar-refractivity contribution in [2.45, 2.75) is 6.92 Å². The van der Waals surface area contributed by atoms with Crippen molar-refractivity contribution in [3.63, 3.8) is 0 Å². The zero-order valence-electron chi connectivity index (χ0n) is 9.45. The maximum atomic E-state index is 12.0. The molecule has 0 aliphatic heterocycles. The van der Waals surface area contributed by atoms with Crippen molar-refractivity contribution in [2.75, 3.05) is 5.32 Å². The Bertz CT molecular complexity index is 602. The quantitative estimate of drug-likeness (QED) is 0.859. The van der Waals surface area contributed by atoms with E-state index in [-0.39, 0.29) is 21.6 Å². The monoisotopic (exact) mass is 281 g/mol. The summed E-state index contributed by atoms with van der Waals surface area (Å²) in [6.45, 7) is 1.89. The highest BCUT2D eigenvalue weighted by Gasteiger charge is 2.12. The van der Waals surface area contributed by atoms with E-state index < -0.39 is 0 Å². The molecule has 1 N–H and O–H groups in total. The minimum Gasteiger partial charge on any atom is -0.321 e. The SMILES string of the molecule is Cc1cncc(NC(=O)c2cc(Cl)ncc2Cl)c1. The Kier molecular flexibility index (Phi) is 3.79. The number of nitrogens with one attached hydrogen (secondary N) is 1. The van der Waals surface area contributed by atoms with Crippen LogP contribution in [0, 0.1) is 6.92 Å². The molecule has 0 aromatic carbocycles. The Balaban J connectivity index is 2.24. The minimum absolute atomic E-state index is 0.215. The summed E-state index contributed by atoms with van der Waals surface area (Å²) >= 11 is 11.6. The molecule has 2 aromatic heterocycles. The summed E-state index contributed by atoms with van der Waals surface area (Å²) < 4.78 is 0. The van der Waals surface area contributed by atoms with E-state index in [2.05, 4.69) is 15.3 Å². The van der Waals surface area contributed by atoms with Crippen LogP contribution in [0.15, 0.2) is 30.7 Å². The summed E-state index contributed by atoms with van der Waals surface area (Å²) in [6.07, 6.45) is 4.60. The minimum atomic E-state index is -0.350. The number of hydrogen-bond acceptors (Lipinski definition) is 3. The fraction of sp³-hybridized carbons (Fsp3) is 0.0833. The van der Waals surface area contributed by atoms with Gasteiger partial charge in [0.05, 0.1) is 22.5 Å². The number of carbonyl (C=O) groups is 1. The summed E-state index contributed by atoms with van der Waals surface area (Å²) in [5.41, 5.74) is 1.83. The molecule has 0 spiro atoms. The first kappa shape index (κ1) is 12.8. The maximum absolute atomic E-state index is 12.0. The van der Waals surface area contributed by atoms with Gasteiger partial charge in [-0.2, -0.15) is 0 Å². The van der Waals surface area contributed by atoms with Crippen LogP contribution in [-0.4, -0.2) is 15.9 Å². The van der Waals surface area contributed by atoms with Gasteiger partial charge in [0, 0.05) is 12.4 Å². The fourth-order valence-electron chi connectivity index (χ4n) is 1.41. The predicted octanol–water partition coefficient (Wildman–Crippen LogP) is 3.34. The number of carbonyl (C=O) groups excluding carboxylic acids is 1. The average Bonchev–Trinajstić information content (AvgIpc) is 2.32. The average molecular weight is 282 g/mol. The highest BCUT2D eigenvalue weighted by atomic mass is 35.5. The van der Waals surface area contributed by atoms with Crippen LogP contribution in [0.25, 0.3) is 0 Å². The number of rotatable bonds is 2. The normalized spacial score (nSPS) is 10.2. The summed E-state index contributed by atoms with van der Waals surface area (Å²) in [5, 5.41) is 3.16. The third-order valence-electron chi connectivity index (χ3n) is 2.20. The van der Waals surface area contributed by atoms with Gasteiger partial charge in [-0.3, -0.25) is 9.78 Å². The van der Waals surface area contributed by atoms with Gasteiger partial charge in [0.1, 0.15) is 5.15 Å². The van der Waals surface area contributed by atoms with E-state index in [4.69, 9.17) is 23.2 Å². The van der Waals surface area contributed by atoms with E-state index in [1.54, 1.807) is 12.4 Å². The molecule has 0 saturated carbocycles. The van der Waals surface area contributed by atoms with E-state index in [9.17, 15) is 4.79 Å². The number of pyridine rings is 2. The molecule has 0 unspecified atom stereocenters. The van der Waals surface area contributed by atoms with E-state index in [1.165, 1.54) is 12.3 Å². The zero-order valence-corrected chi connectivity index (χ0v) is 11.0. The van der Waals surface area contributed by atoms with Crippen molar-refractivity contribution in [3.8, 4) is 0 Å². The first-order valence-corrected chi connectivity index (χ1v) is 5.86. The van der Waals surface area contributed by atoms with Crippen molar-refractivity contribution in [1.29, 1.82) is 0 Å². The number of halogens is 2. The van der Waals surface area contributed by atoms with E-state index in [1.807, 2.05) is 13.0 Å². The molecule has 1 amide bonds. The molecule has 18 heavy (non-hydrogen) atoms. The van der Waals surface area contributed by atoms with Gasteiger partial charge in [0.25, 0.3) is 5.91 Å². The smallest absolute Gasteiger partial charge is 0.257 e. The van der Waals surface area contributed by atoms with Crippen molar-refractivity contribution in [2.24, 2.45) is 0 Å². The molecule has 0 atom stereocenters. The largest absolute Gasteiger partial charge is 0.321 e. The highest BCUT2D eigenvalue weighted by molar-refractivity contribution is 6.35. The number of aryl methyl sites for hydroxylation is 1. The molecule has 0 aliphatic rings. The summed E-state index contributed by atoms with van der Waals surface area (Å²) in [5.74, 6) is -0.350. The second-order valence-electron chi connectivity index (χ2n) is 3.69. The molecule has 2 aromatic rings. The molecule has 0 radical (unpaired) electrons. The molecular weight excluding hydrogens is 273 g/mol. The van der Waals surface area contributed by atoms with Crippen molar-refractivity contribution < 1.29 is 4.79 Å². The van der Waals surface area contributed by atoms with Crippen molar-refractivity contribution in [3.05, 3.63) is 52.0 Å². The van der Waals surface area contributed by atoms with Crippen LogP contribution in [-0.2, 0) is 0 Å². The van der Waals surface area contributed by atoms with Gasteiger partial charge in [-0.15, -0.1) is 0 Å². The van der Waals surface area contributed by atoms with Crippen LogP contribution in [0.4, 0.5) is 5.69 Å². The molecule has 92 valence electrons. The Morgan fingerprint density at radius 2 is 2.00 bits per heavy atom. The second kappa shape index (κ2) is 5.33. The molecule has 0 bridgehead atoms. The molecule has 0 aliphatic carbocycles. The van der Waals surface area contributed by atoms with Gasteiger partial charge >= 0.3 is 0 Å². The third kappa shape index (κ3) is 2.97. The van der Waals surface area contributed by atoms with Crippen LogP contribution >= 0.6 is 23.2 Å². The van der Waals surface area contributed by atoms with Gasteiger partial charge in [-0.1, -0.05) is 23.2 Å². The lowest BCUT2D eigenvalue weighted by Crippen LogP contribution is -2.13. The first-order valence-electron chi connectivity index (χ1n) is 5.10. The lowest BCUT2D eigenvalue weighted by Gasteiger charge is -2.07. The lowest BCUT2D eigenvalue weighted by molar-refractivity contribution is 0.102. The summed E-state index contributed by atoms with van der Waals surface area (Å²) in [6, 6.07) is 3.23. The first-order chi connectivity index (χ1) is 8.56. The maximum Gasteiger partial charge on any atom is 0.257 e. The molecule has 2 rings (SSSR count). The fourth-order valence-corrected chi connectivity index (χ4v) is 1.76. The van der Waals surface area contributed by atoms with E-state index >= 15 is 0 Å². The Morgan fingerprint density at radius 1 is 1.22 bits per heavy atom. The molecule has 0 fully saturated rings. The van der Waals surface area contributed by atoms with Gasteiger partial charge in [0.15, 0.2) is 0 Å². The number of hydrogen-bond donors (Lipinski definition) is 1. The second-order valence-corrected chi connectivity index (χ2v) is 4.49. The molecule has 2 heterocycles. The van der Waals surface area contributed by atoms with Crippen molar-refractivity contribution >= 4 is 34.8 Å². The lowest BCUT2D eigenvalue weighted by atomic mass is 10.2. The molecule has 0 saturated heterocycles. The van der Waals surface area contributed by atoms with Crippen LogP contribution in [0.3, 0.4) is 0 Å². The van der Waals surface area contributed by atoms with Crippen molar-refractivity contribution in [1.82, 2.24) is 9.97 Å². The van der Waals surface area contributed by atoms with Crippen LogP contribution in [0.2, 0.25) is 10.2 Å².